The molecule has 7 heteroatoms. The Hall–Kier alpha value is -1.96. The van der Waals surface area contributed by atoms with Crippen LogP contribution in [-0.4, -0.2) is 42.0 Å². The van der Waals surface area contributed by atoms with Gasteiger partial charge in [-0.1, -0.05) is 52.5 Å². The van der Waals surface area contributed by atoms with Gasteiger partial charge in [0.05, 0.1) is 17.2 Å². The van der Waals surface area contributed by atoms with E-state index in [9.17, 15) is 9.90 Å². The summed E-state index contributed by atoms with van der Waals surface area (Å²) in [6.45, 7) is 15.5. The smallest absolute Gasteiger partial charge is 0.233 e. The van der Waals surface area contributed by atoms with Crippen LogP contribution in [0.4, 0.5) is 5.69 Å². The third kappa shape index (κ3) is 5.95. The lowest BCUT2D eigenvalue weighted by Crippen LogP contribution is -2.38. The lowest BCUT2D eigenvalue weighted by atomic mass is 9.68. The molecular weight excluding hydrogens is 466 g/mol. The summed E-state index contributed by atoms with van der Waals surface area (Å²) in [4.78, 5) is 15.6. The number of benzene rings is 1. The van der Waals surface area contributed by atoms with Crippen LogP contribution in [0.5, 0.6) is 0 Å². The molecule has 0 radical (unpaired) electrons. The van der Waals surface area contributed by atoms with E-state index in [1.165, 1.54) is 5.56 Å². The average Bonchev–Trinajstić information content (AvgIpc) is 3.41. The van der Waals surface area contributed by atoms with Crippen molar-refractivity contribution in [3.05, 3.63) is 47.8 Å². The fourth-order valence-electron chi connectivity index (χ4n) is 5.65. The second-order valence-electron chi connectivity index (χ2n) is 13.2. The van der Waals surface area contributed by atoms with Gasteiger partial charge >= 0.3 is 0 Å². The number of anilines is 1. The average molecular weight is 512 g/mol. The predicted molar refractivity (Wildman–Crippen MR) is 148 cm³/mol. The van der Waals surface area contributed by atoms with Crippen LogP contribution < -0.4 is 4.90 Å². The van der Waals surface area contributed by atoms with E-state index in [2.05, 4.69) is 69.8 Å². The first-order chi connectivity index (χ1) is 16.9. The van der Waals surface area contributed by atoms with Gasteiger partial charge in [0, 0.05) is 33.1 Å². The number of ether oxygens (including phenoxy) is 1. The van der Waals surface area contributed by atoms with Gasteiger partial charge in [0.2, 0.25) is 5.91 Å². The van der Waals surface area contributed by atoms with Gasteiger partial charge in [-0.2, -0.15) is 5.10 Å². The van der Waals surface area contributed by atoms with E-state index in [4.69, 9.17) is 4.74 Å². The van der Waals surface area contributed by atoms with Crippen LogP contribution in [0.2, 0.25) is 25.7 Å². The van der Waals surface area contributed by atoms with E-state index in [1.54, 1.807) is 10.9 Å². The molecule has 1 amide bonds. The highest BCUT2D eigenvalue weighted by molar-refractivity contribution is 6.76. The van der Waals surface area contributed by atoms with Gasteiger partial charge in [-0.25, -0.2) is 4.68 Å². The van der Waals surface area contributed by atoms with Crippen LogP contribution in [-0.2, 0) is 21.7 Å². The fourth-order valence-corrected chi connectivity index (χ4v) is 6.41. The van der Waals surface area contributed by atoms with Gasteiger partial charge in [0.15, 0.2) is 0 Å². The molecule has 0 bridgehead atoms. The molecule has 1 saturated heterocycles. The molecule has 1 aliphatic carbocycles. The lowest BCUT2D eigenvalue weighted by Gasteiger charge is -2.37. The minimum atomic E-state index is -1.14. The molecule has 0 unspecified atom stereocenters. The number of hydrogen-bond donors (Lipinski definition) is 1. The second-order valence-corrected chi connectivity index (χ2v) is 18.8. The zero-order valence-electron chi connectivity index (χ0n) is 23.1. The van der Waals surface area contributed by atoms with Crippen molar-refractivity contribution in [2.24, 2.45) is 11.3 Å². The van der Waals surface area contributed by atoms with Crippen LogP contribution >= 0.6 is 0 Å². The maximum Gasteiger partial charge on any atom is 0.233 e. The quantitative estimate of drug-likeness (QED) is 0.341. The first-order valence-electron chi connectivity index (χ1n) is 13.6. The van der Waals surface area contributed by atoms with Crippen molar-refractivity contribution in [2.75, 3.05) is 18.1 Å². The van der Waals surface area contributed by atoms with Crippen molar-refractivity contribution < 1.29 is 14.6 Å². The summed E-state index contributed by atoms with van der Waals surface area (Å²) < 4.78 is 7.67. The largest absolute Gasteiger partial charge is 0.387 e. The first-order valence-corrected chi connectivity index (χ1v) is 17.3. The summed E-state index contributed by atoms with van der Waals surface area (Å²) >= 11 is 0. The van der Waals surface area contributed by atoms with Crippen LogP contribution in [0.25, 0.3) is 0 Å². The van der Waals surface area contributed by atoms with E-state index in [-0.39, 0.29) is 22.7 Å². The molecule has 1 saturated carbocycles. The van der Waals surface area contributed by atoms with Crippen molar-refractivity contribution in [2.45, 2.75) is 96.8 Å². The first kappa shape index (κ1) is 27.1. The minimum Gasteiger partial charge on any atom is -0.387 e. The molecule has 1 aliphatic heterocycles. The Morgan fingerprint density at radius 3 is 2.39 bits per heavy atom. The highest BCUT2D eigenvalue weighted by Crippen LogP contribution is 2.49. The Labute approximate surface area is 218 Å². The molecule has 1 aromatic heterocycles. The summed E-state index contributed by atoms with van der Waals surface area (Å²) in [5.41, 5.74) is 2.93. The van der Waals surface area contributed by atoms with Crippen molar-refractivity contribution in [3.8, 4) is 0 Å². The number of carbonyl (C=O) groups excluding carboxylic acids is 1. The fraction of sp³-hybridized carbons (Fsp3) is 0.655. The Morgan fingerprint density at radius 1 is 1.11 bits per heavy atom. The third-order valence-electron chi connectivity index (χ3n) is 8.25. The number of carbonyl (C=O) groups is 1. The standard InChI is InChI=1S/C29H45N3O3Si/c1-28(2,3)23-7-9-24(10-8-23)31-18-16-29(27(31)34)14-11-22(12-15-29)26(33)25-13-17-30-32(25)21-35-19-20-36(4,5)6/h7-10,13,17,22,26,33H,11-12,14-16,18-21H2,1-6H3/t22-,26-,29-/m1/s1. The van der Waals surface area contributed by atoms with Gasteiger partial charge in [-0.05, 0) is 73.2 Å². The van der Waals surface area contributed by atoms with E-state index >= 15 is 0 Å². The number of aliphatic hydroxyl groups excluding tert-OH is 1. The number of aliphatic hydroxyl groups is 1. The van der Waals surface area contributed by atoms with Crippen LogP contribution in [0, 0.1) is 11.3 Å². The van der Waals surface area contributed by atoms with Crippen LogP contribution in [0.1, 0.15) is 70.2 Å². The lowest BCUT2D eigenvalue weighted by molar-refractivity contribution is -0.128. The van der Waals surface area contributed by atoms with E-state index in [0.29, 0.717) is 6.73 Å². The van der Waals surface area contributed by atoms with Gasteiger partial charge in [-0.3, -0.25) is 4.79 Å². The number of hydrogen-bond acceptors (Lipinski definition) is 4. The Bertz CT molecular complexity index is 1030. The molecule has 1 N–H and O–H groups in total. The number of aromatic nitrogens is 2. The minimum absolute atomic E-state index is 0.101. The van der Waals surface area contributed by atoms with Gasteiger partial charge in [0.25, 0.3) is 0 Å². The molecule has 4 rings (SSSR count). The van der Waals surface area contributed by atoms with E-state index in [1.807, 2.05) is 11.0 Å². The highest BCUT2D eigenvalue weighted by atomic mass is 28.3. The normalized spacial score (nSPS) is 24.0. The highest BCUT2D eigenvalue weighted by Gasteiger charge is 2.49. The van der Waals surface area contributed by atoms with Crippen molar-refractivity contribution in [1.82, 2.24) is 9.78 Å². The molecule has 2 fully saturated rings. The molecule has 1 atom stereocenters. The van der Waals surface area contributed by atoms with Crippen LogP contribution in [0.3, 0.4) is 0 Å². The molecule has 2 aromatic rings. The summed E-state index contributed by atoms with van der Waals surface area (Å²) in [7, 11) is -1.14. The van der Waals surface area contributed by atoms with Crippen molar-refractivity contribution in [3.63, 3.8) is 0 Å². The molecule has 198 valence electrons. The zero-order valence-corrected chi connectivity index (χ0v) is 24.1. The monoisotopic (exact) mass is 511 g/mol. The zero-order chi connectivity index (χ0) is 26.1. The topological polar surface area (TPSA) is 67.6 Å². The van der Waals surface area contributed by atoms with Crippen molar-refractivity contribution >= 4 is 19.7 Å². The SMILES string of the molecule is CC(C)(C)c1ccc(N2CC[C@]3(CC[C@@H]([C@@H](O)c4ccnn4COCC[Si](C)(C)C)CC3)C2=O)cc1. The van der Waals surface area contributed by atoms with Gasteiger partial charge in [-0.15, -0.1) is 0 Å². The van der Waals surface area contributed by atoms with Gasteiger partial charge < -0.3 is 14.7 Å². The number of nitrogens with zero attached hydrogens (tertiary/aromatic N) is 3. The Balaban J connectivity index is 1.34. The van der Waals surface area contributed by atoms with E-state index < -0.39 is 14.2 Å². The molecule has 1 aromatic carbocycles. The maximum absolute atomic E-state index is 13.6. The molecular formula is C29H45N3O3Si. The number of rotatable bonds is 8. The number of amides is 1. The third-order valence-corrected chi connectivity index (χ3v) is 9.96. The van der Waals surface area contributed by atoms with E-state index in [0.717, 1.165) is 62.7 Å². The van der Waals surface area contributed by atoms with Crippen molar-refractivity contribution in [1.29, 1.82) is 0 Å². The molecule has 1 spiro atoms. The molecule has 2 aliphatic rings. The second kappa shape index (κ2) is 10.4. The summed E-state index contributed by atoms with van der Waals surface area (Å²) in [6, 6.07) is 11.5. The molecule has 6 nitrogen and oxygen atoms in total. The summed E-state index contributed by atoms with van der Waals surface area (Å²) in [5, 5.41) is 15.6. The maximum atomic E-state index is 13.6. The molecule has 2 heterocycles. The Morgan fingerprint density at radius 2 is 1.78 bits per heavy atom. The summed E-state index contributed by atoms with van der Waals surface area (Å²) in [5.74, 6) is 0.403. The van der Waals surface area contributed by atoms with Crippen LogP contribution in [0.15, 0.2) is 36.5 Å². The molecule has 36 heavy (non-hydrogen) atoms. The Kier molecular flexibility index (Phi) is 7.84. The summed E-state index contributed by atoms with van der Waals surface area (Å²) in [6.07, 6.45) is 5.45. The predicted octanol–water partition coefficient (Wildman–Crippen LogP) is 6.14. The van der Waals surface area contributed by atoms with Gasteiger partial charge in [0.1, 0.15) is 6.73 Å².